The third-order valence-corrected chi connectivity index (χ3v) is 1.70. The van der Waals surface area contributed by atoms with E-state index in [1.807, 2.05) is 0 Å². The van der Waals surface area contributed by atoms with Crippen LogP contribution >= 0.6 is 0 Å². The van der Waals surface area contributed by atoms with Gasteiger partial charge in [-0.2, -0.15) is 5.10 Å². The Labute approximate surface area is 89.5 Å². The lowest BCUT2D eigenvalue weighted by Gasteiger charge is -2.07. The molecule has 0 radical (unpaired) electrons. The molecule has 16 heavy (non-hydrogen) atoms. The Bertz CT molecular complexity index is 435. The molecule has 0 fully saturated rings. The van der Waals surface area contributed by atoms with E-state index in [0.717, 1.165) is 6.07 Å². The van der Waals surface area contributed by atoms with Gasteiger partial charge < -0.3 is 16.2 Å². The van der Waals surface area contributed by atoms with Crippen molar-refractivity contribution in [3.8, 4) is 0 Å². The summed E-state index contributed by atoms with van der Waals surface area (Å²) in [7, 11) is 0. The molecule has 0 saturated carbocycles. The summed E-state index contributed by atoms with van der Waals surface area (Å²) >= 11 is 0. The van der Waals surface area contributed by atoms with Crippen molar-refractivity contribution in [2.45, 2.75) is 6.10 Å². The zero-order chi connectivity index (χ0) is 12.1. The summed E-state index contributed by atoms with van der Waals surface area (Å²) in [4.78, 5) is 32.4. The number of carbonyl (C=O) groups excluding carboxylic acids is 2. The lowest BCUT2D eigenvalue weighted by atomic mass is 10.3. The fourth-order valence-electron chi connectivity index (χ4n) is 0.851. The van der Waals surface area contributed by atoms with Crippen LogP contribution in [0.25, 0.3) is 0 Å². The SMILES string of the molecule is NC(=O)C(O)CNC(=O)c1ccc(=O)[nH]n1. The molecule has 0 aromatic carbocycles. The first-order valence-corrected chi connectivity index (χ1v) is 4.32. The Morgan fingerprint density at radius 1 is 1.56 bits per heavy atom. The molecule has 1 heterocycles. The number of nitrogens with zero attached hydrogens (tertiary/aromatic N) is 1. The highest BCUT2D eigenvalue weighted by Crippen LogP contribution is 1.88. The van der Waals surface area contributed by atoms with Crippen LogP contribution in [0.3, 0.4) is 0 Å². The smallest absolute Gasteiger partial charge is 0.271 e. The van der Waals surface area contributed by atoms with Gasteiger partial charge >= 0.3 is 0 Å². The zero-order valence-electron chi connectivity index (χ0n) is 8.14. The normalized spacial score (nSPS) is 11.8. The molecule has 0 bridgehead atoms. The molecule has 5 N–H and O–H groups in total. The summed E-state index contributed by atoms with van der Waals surface area (Å²) < 4.78 is 0. The van der Waals surface area contributed by atoms with Crippen LogP contribution in [-0.2, 0) is 4.79 Å². The van der Waals surface area contributed by atoms with Crippen LogP contribution < -0.4 is 16.6 Å². The molecule has 0 spiro atoms. The topological polar surface area (TPSA) is 138 Å². The number of rotatable bonds is 4. The van der Waals surface area contributed by atoms with Crippen LogP contribution in [0.2, 0.25) is 0 Å². The number of primary amides is 1. The molecule has 0 saturated heterocycles. The van der Waals surface area contributed by atoms with Crippen LogP contribution in [-0.4, -0.2) is 39.8 Å². The number of aromatic amines is 1. The van der Waals surface area contributed by atoms with Crippen molar-refractivity contribution in [3.05, 3.63) is 28.2 Å². The van der Waals surface area contributed by atoms with Crippen molar-refractivity contribution in [2.24, 2.45) is 5.73 Å². The lowest BCUT2D eigenvalue weighted by molar-refractivity contribution is -0.125. The Kier molecular flexibility index (Phi) is 3.72. The minimum Gasteiger partial charge on any atom is -0.381 e. The average molecular weight is 226 g/mol. The quantitative estimate of drug-likeness (QED) is 0.444. The Balaban J connectivity index is 2.56. The number of hydrogen-bond donors (Lipinski definition) is 4. The number of carbonyl (C=O) groups is 2. The van der Waals surface area contributed by atoms with Crippen LogP contribution in [0, 0.1) is 0 Å². The summed E-state index contributed by atoms with van der Waals surface area (Å²) in [5.41, 5.74) is 4.31. The standard InChI is InChI=1S/C8H10N4O4/c9-7(15)5(13)3-10-8(16)4-1-2-6(14)12-11-4/h1-2,5,13H,3H2,(H2,9,15)(H,10,16)(H,12,14). The predicted octanol–water partition coefficient (Wildman–Crippen LogP) is -2.65. The molecule has 1 atom stereocenters. The van der Waals surface area contributed by atoms with Crippen molar-refractivity contribution in [1.29, 1.82) is 0 Å². The van der Waals surface area contributed by atoms with Gasteiger partial charge in [-0.3, -0.25) is 14.4 Å². The van der Waals surface area contributed by atoms with E-state index < -0.39 is 23.5 Å². The number of aliphatic hydroxyl groups is 1. The molecule has 1 aromatic rings. The molecule has 0 aliphatic heterocycles. The summed E-state index contributed by atoms with van der Waals surface area (Å²) in [5, 5.41) is 16.7. The summed E-state index contributed by atoms with van der Waals surface area (Å²) in [6.45, 7) is -0.311. The zero-order valence-corrected chi connectivity index (χ0v) is 8.14. The van der Waals surface area contributed by atoms with Crippen LogP contribution in [0.4, 0.5) is 0 Å². The first kappa shape index (κ1) is 11.9. The van der Waals surface area contributed by atoms with Gasteiger partial charge in [0.15, 0.2) is 0 Å². The third kappa shape index (κ3) is 3.17. The second-order valence-corrected chi connectivity index (χ2v) is 2.93. The number of hydrogen-bond acceptors (Lipinski definition) is 5. The second-order valence-electron chi connectivity index (χ2n) is 2.93. The largest absolute Gasteiger partial charge is 0.381 e. The molecule has 8 nitrogen and oxygen atoms in total. The highest BCUT2D eigenvalue weighted by molar-refractivity contribution is 5.92. The first-order chi connectivity index (χ1) is 7.50. The Hall–Kier alpha value is -2.22. The van der Waals surface area contributed by atoms with Crippen molar-refractivity contribution in [2.75, 3.05) is 6.54 Å². The van der Waals surface area contributed by atoms with E-state index in [4.69, 9.17) is 10.8 Å². The number of nitrogens with two attached hydrogens (primary N) is 1. The fourth-order valence-corrected chi connectivity index (χ4v) is 0.851. The molecule has 1 unspecified atom stereocenters. The lowest BCUT2D eigenvalue weighted by Crippen LogP contribution is -2.40. The van der Waals surface area contributed by atoms with Crippen molar-refractivity contribution in [1.82, 2.24) is 15.5 Å². The molecule has 0 aliphatic rings. The van der Waals surface area contributed by atoms with E-state index in [-0.39, 0.29) is 12.2 Å². The van der Waals surface area contributed by atoms with Gasteiger partial charge in [0.05, 0.1) is 6.54 Å². The van der Waals surface area contributed by atoms with E-state index in [0.29, 0.717) is 0 Å². The van der Waals surface area contributed by atoms with Gasteiger partial charge in [-0.1, -0.05) is 0 Å². The van der Waals surface area contributed by atoms with Gasteiger partial charge in [-0.15, -0.1) is 0 Å². The Morgan fingerprint density at radius 3 is 2.75 bits per heavy atom. The number of nitrogens with one attached hydrogen (secondary N) is 2. The third-order valence-electron chi connectivity index (χ3n) is 1.70. The van der Waals surface area contributed by atoms with E-state index >= 15 is 0 Å². The van der Waals surface area contributed by atoms with E-state index in [2.05, 4.69) is 15.5 Å². The van der Waals surface area contributed by atoms with E-state index in [1.54, 1.807) is 0 Å². The van der Waals surface area contributed by atoms with Crippen LogP contribution in [0.1, 0.15) is 10.5 Å². The number of aromatic nitrogens is 2. The molecular formula is C8H10N4O4. The minimum atomic E-state index is -1.45. The number of H-pyrrole nitrogens is 1. The van der Waals surface area contributed by atoms with E-state index in [9.17, 15) is 14.4 Å². The number of amides is 2. The highest BCUT2D eigenvalue weighted by atomic mass is 16.3. The monoisotopic (exact) mass is 226 g/mol. The first-order valence-electron chi connectivity index (χ1n) is 4.32. The average Bonchev–Trinajstić information content (AvgIpc) is 2.26. The molecular weight excluding hydrogens is 216 g/mol. The van der Waals surface area contributed by atoms with Crippen molar-refractivity contribution in [3.63, 3.8) is 0 Å². The molecule has 1 aromatic heterocycles. The van der Waals surface area contributed by atoms with Crippen molar-refractivity contribution < 1.29 is 14.7 Å². The maximum absolute atomic E-state index is 11.3. The summed E-state index contributed by atoms with van der Waals surface area (Å²) in [6, 6.07) is 2.34. The minimum absolute atomic E-state index is 0.0312. The van der Waals surface area contributed by atoms with Gasteiger partial charge in [0, 0.05) is 6.07 Å². The van der Waals surface area contributed by atoms with Crippen molar-refractivity contribution >= 4 is 11.8 Å². The fraction of sp³-hybridized carbons (Fsp3) is 0.250. The predicted molar refractivity (Wildman–Crippen MR) is 52.4 cm³/mol. The highest BCUT2D eigenvalue weighted by Gasteiger charge is 2.13. The summed E-state index contributed by atoms with van der Waals surface area (Å²) in [6.07, 6.45) is -1.45. The maximum Gasteiger partial charge on any atom is 0.271 e. The van der Waals surface area contributed by atoms with Crippen LogP contribution in [0.15, 0.2) is 16.9 Å². The Morgan fingerprint density at radius 2 is 2.25 bits per heavy atom. The van der Waals surface area contributed by atoms with Gasteiger partial charge in [-0.05, 0) is 6.07 Å². The maximum atomic E-state index is 11.3. The van der Waals surface area contributed by atoms with Crippen LogP contribution in [0.5, 0.6) is 0 Å². The van der Waals surface area contributed by atoms with Gasteiger partial charge in [0.25, 0.3) is 11.5 Å². The molecule has 8 heteroatoms. The van der Waals surface area contributed by atoms with Gasteiger partial charge in [-0.25, -0.2) is 5.10 Å². The van der Waals surface area contributed by atoms with Gasteiger partial charge in [0.1, 0.15) is 11.8 Å². The second kappa shape index (κ2) is 5.03. The molecule has 2 amide bonds. The summed E-state index contributed by atoms with van der Waals surface area (Å²) in [5.74, 6) is -1.56. The van der Waals surface area contributed by atoms with E-state index in [1.165, 1.54) is 6.07 Å². The van der Waals surface area contributed by atoms with Gasteiger partial charge in [0.2, 0.25) is 5.91 Å². The molecule has 86 valence electrons. The number of aliphatic hydroxyl groups excluding tert-OH is 1. The molecule has 1 rings (SSSR count). The molecule has 0 aliphatic carbocycles.